The van der Waals surface area contributed by atoms with Crippen LogP contribution < -0.4 is 0 Å². The third-order valence-electron chi connectivity index (χ3n) is 4.42. The molecule has 1 fully saturated rings. The molecule has 1 aliphatic heterocycles. The summed E-state index contributed by atoms with van der Waals surface area (Å²) >= 11 is 0. The van der Waals surface area contributed by atoms with Gasteiger partial charge in [0.05, 0.1) is 5.92 Å². The van der Waals surface area contributed by atoms with Gasteiger partial charge >= 0.3 is 5.97 Å². The molecule has 4 unspecified atom stereocenters. The van der Waals surface area contributed by atoms with E-state index >= 15 is 0 Å². The number of hydrogen-bond acceptors (Lipinski definition) is 3. The molecule has 3 heteroatoms. The Kier molecular flexibility index (Phi) is 3.88. The highest BCUT2D eigenvalue weighted by Gasteiger charge is 2.42. The monoisotopic (exact) mass is 250 g/mol. The molecule has 100 valence electrons. The number of rotatable bonds is 0. The summed E-state index contributed by atoms with van der Waals surface area (Å²) in [6, 6.07) is 0. The fraction of sp³-hybridized carbons (Fsp3) is 0.733. The van der Waals surface area contributed by atoms with Crippen LogP contribution in [0.5, 0.6) is 0 Å². The SMILES string of the molecule is C/C1=C\CC(=O)C(C)CC2OC(=O)C(C)C2CC1. The fourth-order valence-electron chi connectivity index (χ4n) is 2.95. The molecular weight excluding hydrogens is 228 g/mol. The molecule has 18 heavy (non-hydrogen) atoms. The largest absolute Gasteiger partial charge is 0.462 e. The normalized spacial score (nSPS) is 40.7. The van der Waals surface area contributed by atoms with E-state index in [2.05, 4.69) is 6.92 Å². The van der Waals surface area contributed by atoms with Gasteiger partial charge in [0.1, 0.15) is 11.9 Å². The molecular formula is C15H22O3. The quantitative estimate of drug-likeness (QED) is 0.490. The second-order valence-electron chi connectivity index (χ2n) is 5.82. The van der Waals surface area contributed by atoms with E-state index in [0.29, 0.717) is 12.8 Å². The van der Waals surface area contributed by atoms with Crippen molar-refractivity contribution in [3.63, 3.8) is 0 Å². The van der Waals surface area contributed by atoms with E-state index in [9.17, 15) is 9.59 Å². The molecule has 2 rings (SSSR count). The molecule has 3 nitrogen and oxygen atoms in total. The van der Waals surface area contributed by atoms with E-state index in [1.165, 1.54) is 5.57 Å². The van der Waals surface area contributed by atoms with Crippen molar-refractivity contribution in [2.24, 2.45) is 17.8 Å². The van der Waals surface area contributed by atoms with Gasteiger partial charge in [0.2, 0.25) is 0 Å². The predicted molar refractivity (Wildman–Crippen MR) is 68.9 cm³/mol. The molecule has 0 spiro atoms. The van der Waals surface area contributed by atoms with Gasteiger partial charge in [-0.15, -0.1) is 0 Å². The molecule has 0 bridgehead atoms. The summed E-state index contributed by atoms with van der Waals surface area (Å²) in [5.74, 6) is 0.396. The summed E-state index contributed by atoms with van der Waals surface area (Å²) in [6.07, 6.45) is 5.14. The van der Waals surface area contributed by atoms with E-state index in [1.54, 1.807) is 0 Å². The van der Waals surface area contributed by atoms with Crippen LogP contribution in [-0.4, -0.2) is 17.9 Å². The Balaban J connectivity index is 2.19. The summed E-state index contributed by atoms with van der Waals surface area (Å²) in [5.41, 5.74) is 1.25. The van der Waals surface area contributed by atoms with E-state index < -0.39 is 0 Å². The minimum absolute atomic E-state index is 0.0160. The van der Waals surface area contributed by atoms with E-state index in [-0.39, 0.29) is 35.6 Å². The molecule has 4 atom stereocenters. The maximum absolute atomic E-state index is 11.9. The van der Waals surface area contributed by atoms with Crippen molar-refractivity contribution in [3.05, 3.63) is 11.6 Å². The van der Waals surface area contributed by atoms with Crippen molar-refractivity contribution in [1.82, 2.24) is 0 Å². The van der Waals surface area contributed by atoms with Gasteiger partial charge in [0, 0.05) is 18.3 Å². The predicted octanol–water partition coefficient (Wildman–Crippen LogP) is 2.89. The Morgan fingerprint density at radius 2 is 2.00 bits per heavy atom. The first-order chi connectivity index (χ1) is 8.49. The zero-order valence-corrected chi connectivity index (χ0v) is 11.4. The zero-order valence-electron chi connectivity index (χ0n) is 11.4. The summed E-state index contributed by atoms with van der Waals surface area (Å²) in [7, 11) is 0. The van der Waals surface area contributed by atoms with Gasteiger partial charge in [-0.2, -0.15) is 0 Å². The maximum Gasteiger partial charge on any atom is 0.309 e. The average molecular weight is 250 g/mol. The number of Topliss-reactive ketones (excluding diaryl/α,β-unsaturated/α-hetero) is 1. The van der Waals surface area contributed by atoms with Gasteiger partial charge in [0.15, 0.2) is 0 Å². The van der Waals surface area contributed by atoms with Crippen LogP contribution in [0.25, 0.3) is 0 Å². The van der Waals surface area contributed by atoms with Crippen molar-refractivity contribution in [2.45, 2.75) is 52.6 Å². The molecule has 1 aliphatic carbocycles. The smallest absolute Gasteiger partial charge is 0.309 e. The standard InChI is InChI=1S/C15H22O3/c1-9-4-6-12-11(3)15(17)18-14(12)8-10(2)13(16)7-5-9/h5,10-12,14H,4,6-8H2,1-3H3/b9-5+. The average Bonchev–Trinajstić information content (AvgIpc) is 2.59. The van der Waals surface area contributed by atoms with Crippen LogP contribution in [0.3, 0.4) is 0 Å². The second kappa shape index (κ2) is 5.25. The highest BCUT2D eigenvalue weighted by molar-refractivity contribution is 5.82. The van der Waals surface area contributed by atoms with Crippen LogP contribution in [0, 0.1) is 17.8 Å². The maximum atomic E-state index is 11.9. The lowest BCUT2D eigenvalue weighted by molar-refractivity contribution is -0.145. The van der Waals surface area contributed by atoms with E-state index in [4.69, 9.17) is 4.74 Å². The number of ketones is 1. The molecule has 0 amide bonds. The summed E-state index contributed by atoms with van der Waals surface area (Å²) < 4.78 is 5.45. The van der Waals surface area contributed by atoms with Gasteiger partial charge in [0.25, 0.3) is 0 Å². The number of carbonyl (C=O) groups excluding carboxylic acids is 2. The summed E-state index contributed by atoms with van der Waals surface area (Å²) in [6.45, 7) is 5.96. The number of hydrogen-bond donors (Lipinski definition) is 0. The summed E-state index contributed by atoms with van der Waals surface area (Å²) in [4.78, 5) is 23.6. The fourth-order valence-corrected chi connectivity index (χ4v) is 2.95. The van der Waals surface area contributed by atoms with Crippen molar-refractivity contribution in [2.75, 3.05) is 0 Å². The van der Waals surface area contributed by atoms with Crippen molar-refractivity contribution in [1.29, 1.82) is 0 Å². The second-order valence-corrected chi connectivity index (χ2v) is 5.82. The number of ether oxygens (including phenoxy) is 1. The van der Waals surface area contributed by atoms with Crippen LogP contribution in [0.1, 0.15) is 46.5 Å². The lowest BCUT2D eigenvalue weighted by Crippen LogP contribution is -2.25. The zero-order chi connectivity index (χ0) is 13.3. The molecule has 0 aromatic carbocycles. The van der Waals surface area contributed by atoms with E-state index in [1.807, 2.05) is 19.9 Å². The minimum Gasteiger partial charge on any atom is -0.462 e. The molecule has 2 aliphatic rings. The van der Waals surface area contributed by atoms with Crippen LogP contribution in [0.15, 0.2) is 11.6 Å². The first kappa shape index (κ1) is 13.3. The Bertz CT molecular complexity index is 383. The van der Waals surface area contributed by atoms with Gasteiger partial charge in [-0.05, 0) is 26.2 Å². The minimum atomic E-state index is -0.0921. The molecule has 0 saturated carbocycles. The van der Waals surface area contributed by atoms with Crippen molar-refractivity contribution < 1.29 is 14.3 Å². The molecule has 0 aromatic rings. The van der Waals surface area contributed by atoms with Crippen molar-refractivity contribution >= 4 is 11.8 Å². The van der Waals surface area contributed by atoms with Crippen LogP contribution in [-0.2, 0) is 14.3 Å². The van der Waals surface area contributed by atoms with Gasteiger partial charge < -0.3 is 4.74 Å². The molecule has 0 radical (unpaired) electrons. The van der Waals surface area contributed by atoms with Crippen LogP contribution in [0.4, 0.5) is 0 Å². The Morgan fingerprint density at radius 1 is 1.28 bits per heavy atom. The first-order valence-electron chi connectivity index (χ1n) is 6.88. The van der Waals surface area contributed by atoms with Crippen molar-refractivity contribution in [3.8, 4) is 0 Å². The number of esters is 1. The van der Waals surface area contributed by atoms with Gasteiger partial charge in [-0.1, -0.05) is 25.5 Å². The molecule has 0 N–H and O–H groups in total. The van der Waals surface area contributed by atoms with Gasteiger partial charge in [-0.3, -0.25) is 9.59 Å². The third-order valence-corrected chi connectivity index (χ3v) is 4.42. The topological polar surface area (TPSA) is 43.4 Å². The number of carbonyl (C=O) groups is 2. The van der Waals surface area contributed by atoms with Gasteiger partial charge in [-0.25, -0.2) is 0 Å². The summed E-state index contributed by atoms with van der Waals surface area (Å²) in [5, 5.41) is 0. The Morgan fingerprint density at radius 3 is 2.72 bits per heavy atom. The number of fused-ring (bicyclic) bond motifs is 1. The highest BCUT2D eigenvalue weighted by atomic mass is 16.6. The Hall–Kier alpha value is -1.12. The first-order valence-corrected chi connectivity index (χ1v) is 6.88. The Labute approximate surface area is 109 Å². The van der Waals surface area contributed by atoms with Crippen LogP contribution in [0.2, 0.25) is 0 Å². The highest BCUT2D eigenvalue weighted by Crippen LogP contribution is 2.36. The molecule has 0 aromatic heterocycles. The number of allylic oxidation sites excluding steroid dienone is 2. The van der Waals surface area contributed by atoms with E-state index in [0.717, 1.165) is 12.8 Å². The lowest BCUT2D eigenvalue weighted by Gasteiger charge is -2.23. The van der Waals surface area contributed by atoms with Crippen LogP contribution >= 0.6 is 0 Å². The third kappa shape index (κ3) is 2.65. The molecule has 1 heterocycles. The lowest BCUT2D eigenvalue weighted by atomic mass is 9.81. The molecule has 1 saturated heterocycles.